The molecule has 0 unspecified atom stereocenters. The highest BCUT2D eigenvalue weighted by molar-refractivity contribution is 7.89. The summed E-state index contributed by atoms with van der Waals surface area (Å²) in [6, 6.07) is 4.48. The summed E-state index contributed by atoms with van der Waals surface area (Å²) in [5.74, 6) is 0.561. The Balaban J connectivity index is 1.82. The number of amides is 1. The van der Waals surface area contributed by atoms with Gasteiger partial charge in [-0.05, 0) is 49.8 Å². The summed E-state index contributed by atoms with van der Waals surface area (Å²) in [7, 11) is -2.25. The Labute approximate surface area is 130 Å². The van der Waals surface area contributed by atoms with E-state index < -0.39 is 10.0 Å². The van der Waals surface area contributed by atoms with Crippen molar-refractivity contribution < 1.29 is 17.9 Å². The molecule has 7 heteroatoms. The monoisotopic (exact) mass is 324 g/mol. The van der Waals surface area contributed by atoms with Gasteiger partial charge in [0.2, 0.25) is 10.0 Å². The first-order valence-electron chi connectivity index (χ1n) is 7.48. The second-order valence-corrected chi connectivity index (χ2v) is 7.60. The zero-order valence-corrected chi connectivity index (χ0v) is 13.3. The van der Waals surface area contributed by atoms with Gasteiger partial charge in [0.25, 0.3) is 5.91 Å². The number of ether oxygens (including phenoxy) is 1. The maximum atomic E-state index is 12.4. The van der Waals surface area contributed by atoms with Gasteiger partial charge in [0.05, 0.1) is 7.11 Å². The van der Waals surface area contributed by atoms with Gasteiger partial charge >= 0.3 is 0 Å². The lowest BCUT2D eigenvalue weighted by Crippen LogP contribution is -2.28. The Morgan fingerprint density at radius 2 is 2.00 bits per heavy atom. The number of hydrogen-bond donors (Lipinski definition) is 2. The predicted molar refractivity (Wildman–Crippen MR) is 81.4 cm³/mol. The predicted octanol–water partition coefficient (Wildman–Crippen LogP) is 1.28. The van der Waals surface area contributed by atoms with Gasteiger partial charge in [0.1, 0.15) is 10.6 Å². The molecule has 0 heterocycles. The number of methoxy groups -OCH3 is 1. The molecule has 0 aromatic heterocycles. The molecule has 1 amide bonds. The van der Waals surface area contributed by atoms with E-state index in [-0.39, 0.29) is 22.6 Å². The minimum atomic E-state index is -3.67. The third-order valence-electron chi connectivity index (χ3n) is 3.86. The zero-order chi connectivity index (χ0) is 15.7. The van der Waals surface area contributed by atoms with E-state index in [1.807, 2.05) is 0 Å². The fourth-order valence-corrected chi connectivity index (χ4v) is 3.67. The lowest BCUT2D eigenvalue weighted by molar-refractivity contribution is 0.0951. The molecule has 0 spiro atoms. The minimum Gasteiger partial charge on any atom is -0.495 e. The molecule has 1 aromatic carbocycles. The Morgan fingerprint density at radius 3 is 2.59 bits per heavy atom. The van der Waals surface area contributed by atoms with Crippen LogP contribution in [0.15, 0.2) is 23.1 Å². The van der Waals surface area contributed by atoms with Crippen molar-refractivity contribution in [2.24, 2.45) is 5.92 Å². The van der Waals surface area contributed by atoms with Crippen LogP contribution in [0.4, 0.5) is 0 Å². The summed E-state index contributed by atoms with van der Waals surface area (Å²) in [6.07, 6.45) is 3.99. The van der Waals surface area contributed by atoms with Crippen molar-refractivity contribution in [1.29, 1.82) is 0 Å². The molecule has 1 aromatic rings. The number of hydrogen-bond acceptors (Lipinski definition) is 4. The highest BCUT2D eigenvalue weighted by atomic mass is 32.2. The van der Waals surface area contributed by atoms with Gasteiger partial charge < -0.3 is 10.1 Å². The van der Waals surface area contributed by atoms with E-state index in [0.29, 0.717) is 18.0 Å². The number of carbonyl (C=O) groups excluding carboxylic acids is 1. The second-order valence-electron chi connectivity index (χ2n) is 5.91. The fourth-order valence-electron chi connectivity index (χ4n) is 2.17. The molecule has 22 heavy (non-hydrogen) atoms. The first-order chi connectivity index (χ1) is 10.5. The highest BCUT2D eigenvalue weighted by Gasteiger charge is 2.30. The summed E-state index contributed by atoms with van der Waals surface area (Å²) in [5.41, 5.74) is 0.331. The Bertz CT molecular complexity index is 679. The number of sulfonamides is 1. The SMILES string of the molecule is COc1ccc(C(=O)NCC2CC2)cc1S(=O)(=O)NC1CC1. The number of carbonyl (C=O) groups is 1. The van der Waals surface area contributed by atoms with Gasteiger partial charge in [-0.25, -0.2) is 13.1 Å². The van der Waals surface area contributed by atoms with Crippen LogP contribution in [-0.2, 0) is 10.0 Å². The highest BCUT2D eigenvalue weighted by Crippen LogP contribution is 2.29. The normalized spacial score (nSPS) is 18.0. The van der Waals surface area contributed by atoms with Crippen molar-refractivity contribution in [1.82, 2.24) is 10.0 Å². The van der Waals surface area contributed by atoms with Crippen molar-refractivity contribution in [3.05, 3.63) is 23.8 Å². The molecule has 2 saturated carbocycles. The number of rotatable bonds is 7. The van der Waals surface area contributed by atoms with Gasteiger partial charge in [0, 0.05) is 18.2 Å². The molecule has 0 aliphatic heterocycles. The smallest absolute Gasteiger partial charge is 0.251 e. The molecule has 6 nitrogen and oxygen atoms in total. The second kappa shape index (κ2) is 5.89. The molecule has 2 aliphatic rings. The molecule has 0 atom stereocenters. The molecule has 2 aliphatic carbocycles. The van der Waals surface area contributed by atoms with Crippen LogP contribution >= 0.6 is 0 Å². The van der Waals surface area contributed by atoms with Gasteiger partial charge in [-0.3, -0.25) is 4.79 Å². The van der Waals surface area contributed by atoms with Crippen LogP contribution in [0.25, 0.3) is 0 Å². The molecule has 120 valence electrons. The van der Waals surface area contributed by atoms with Crippen molar-refractivity contribution in [2.75, 3.05) is 13.7 Å². The summed E-state index contributed by atoms with van der Waals surface area (Å²) >= 11 is 0. The van der Waals surface area contributed by atoms with E-state index in [0.717, 1.165) is 25.7 Å². The van der Waals surface area contributed by atoms with Crippen LogP contribution in [0.5, 0.6) is 5.75 Å². The Morgan fingerprint density at radius 1 is 1.27 bits per heavy atom. The summed E-state index contributed by atoms with van der Waals surface area (Å²) in [5, 5.41) is 2.84. The van der Waals surface area contributed by atoms with E-state index in [4.69, 9.17) is 4.74 Å². The molecular weight excluding hydrogens is 304 g/mol. The average molecular weight is 324 g/mol. The van der Waals surface area contributed by atoms with Crippen molar-refractivity contribution in [2.45, 2.75) is 36.6 Å². The molecular formula is C15H20N2O4S. The van der Waals surface area contributed by atoms with Crippen LogP contribution < -0.4 is 14.8 Å². The van der Waals surface area contributed by atoms with E-state index in [1.54, 1.807) is 6.07 Å². The minimum absolute atomic E-state index is 0.00190. The van der Waals surface area contributed by atoms with Gasteiger partial charge in [-0.2, -0.15) is 0 Å². The van der Waals surface area contributed by atoms with E-state index >= 15 is 0 Å². The van der Waals surface area contributed by atoms with E-state index in [1.165, 1.54) is 19.2 Å². The quantitative estimate of drug-likeness (QED) is 0.791. The average Bonchev–Trinajstić information content (AvgIpc) is 3.39. The third-order valence-corrected chi connectivity index (χ3v) is 5.40. The van der Waals surface area contributed by atoms with Crippen LogP contribution in [0.3, 0.4) is 0 Å². The number of benzene rings is 1. The molecule has 0 radical (unpaired) electrons. The molecule has 2 N–H and O–H groups in total. The van der Waals surface area contributed by atoms with Gasteiger partial charge in [0.15, 0.2) is 0 Å². The van der Waals surface area contributed by atoms with Crippen molar-refractivity contribution in [3.8, 4) is 5.75 Å². The zero-order valence-electron chi connectivity index (χ0n) is 12.5. The van der Waals surface area contributed by atoms with Crippen molar-refractivity contribution >= 4 is 15.9 Å². The van der Waals surface area contributed by atoms with Crippen LogP contribution in [0.1, 0.15) is 36.0 Å². The maximum absolute atomic E-state index is 12.4. The van der Waals surface area contributed by atoms with Gasteiger partial charge in [-0.1, -0.05) is 0 Å². The van der Waals surface area contributed by atoms with Gasteiger partial charge in [-0.15, -0.1) is 0 Å². The first kappa shape index (κ1) is 15.3. The molecule has 0 bridgehead atoms. The van der Waals surface area contributed by atoms with E-state index in [2.05, 4.69) is 10.0 Å². The first-order valence-corrected chi connectivity index (χ1v) is 8.96. The van der Waals surface area contributed by atoms with Crippen LogP contribution in [0, 0.1) is 5.92 Å². The maximum Gasteiger partial charge on any atom is 0.251 e. The van der Waals surface area contributed by atoms with Crippen LogP contribution in [-0.4, -0.2) is 34.0 Å². The van der Waals surface area contributed by atoms with E-state index in [9.17, 15) is 13.2 Å². The van der Waals surface area contributed by atoms with Crippen LogP contribution in [0.2, 0.25) is 0 Å². The molecule has 2 fully saturated rings. The summed E-state index contributed by atoms with van der Waals surface area (Å²) in [6.45, 7) is 0.646. The topological polar surface area (TPSA) is 84.5 Å². The Kier molecular flexibility index (Phi) is 4.10. The lowest BCUT2D eigenvalue weighted by Gasteiger charge is -2.12. The molecule has 0 saturated heterocycles. The fraction of sp³-hybridized carbons (Fsp3) is 0.533. The number of nitrogens with one attached hydrogen (secondary N) is 2. The summed E-state index contributed by atoms with van der Waals surface area (Å²) in [4.78, 5) is 12.1. The Hall–Kier alpha value is -1.60. The molecule has 3 rings (SSSR count). The lowest BCUT2D eigenvalue weighted by atomic mass is 10.2. The third kappa shape index (κ3) is 3.59. The van der Waals surface area contributed by atoms with Crippen molar-refractivity contribution in [3.63, 3.8) is 0 Å². The summed E-state index contributed by atoms with van der Waals surface area (Å²) < 4.78 is 32.5. The standard InChI is InChI=1S/C15H20N2O4S/c1-21-13-7-4-11(15(18)16-9-10-2-3-10)8-14(13)22(19,20)17-12-5-6-12/h4,7-8,10,12,17H,2-3,5-6,9H2,1H3,(H,16,18). The largest absolute Gasteiger partial charge is 0.495 e.